The van der Waals surface area contributed by atoms with Gasteiger partial charge in [0.1, 0.15) is 5.54 Å². The Morgan fingerprint density at radius 3 is 2.43 bits per heavy atom. The van der Waals surface area contributed by atoms with E-state index >= 15 is 0 Å². The molecule has 160 valence electrons. The molecule has 1 aliphatic rings. The first kappa shape index (κ1) is 22.5. The van der Waals surface area contributed by atoms with Gasteiger partial charge < -0.3 is 20.3 Å². The highest BCUT2D eigenvalue weighted by Crippen LogP contribution is 2.23. The maximum Gasteiger partial charge on any atom is 0.262 e. The Balaban J connectivity index is 1.66. The third-order valence-electron chi connectivity index (χ3n) is 4.80. The molecule has 3 amide bonds. The molecule has 1 saturated heterocycles. The summed E-state index contributed by atoms with van der Waals surface area (Å²) in [5, 5.41) is 5.59. The number of nitrogens with one attached hydrogen (secondary N) is 2. The van der Waals surface area contributed by atoms with Crippen LogP contribution in [0.15, 0.2) is 34.1 Å². The van der Waals surface area contributed by atoms with E-state index in [1.807, 2.05) is 6.92 Å². The number of thiophene rings is 1. The third kappa shape index (κ3) is 5.27. The van der Waals surface area contributed by atoms with Gasteiger partial charge in [-0.05, 0) is 72.6 Å². The van der Waals surface area contributed by atoms with Crippen LogP contribution < -0.4 is 10.6 Å². The number of hydrogen-bond acceptors (Lipinski definition) is 5. The van der Waals surface area contributed by atoms with Gasteiger partial charge in [0.25, 0.3) is 11.8 Å². The van der Waals surface area contributed by atoms with Gasteiger partial charge >= 0.3 is 0 Å². The number of rotatable bonds is 5. The Morgan fingerprint density at radius 2 is 1.83 bits per heavy atom. The number of anilines is 1. The van der Waals surface area contributed by atoms with Crippen molar-refractivity contribution in [2.24, 2.45) is 0 Å². The summed E-state index contributed by atoms with van der Waals surface area (Å²) in [5.41, 5.74) is 0.821. The smallest absolute Gasteiger partial charge is 0.262 e. The van der Waals surface area contributed by atoms with Crippen LogP contribution in [-0.4, -0.2) is 54.5 Å². The number of hydrogen-bond donors (Lipinski definition) is 2. The second kappa shape index (κ2) is 9.28. The average Bonchev–Trinajstić information content (AvgIpc) is 3.14. The zero-order valence-corrected chi connectivity index (χ0v) is 19.5. The van der Waals surface area contributed by atoms with Gasteiger partial charge in [0, 0.05) is 24.3 Å². The van der Waals surface area contributed by atoms with E-state index in [0.717, 1.165) is 9.35 Å². The van der Waals surface area contributed by atoms with Crippen molar-refractivity contribution in [1.29, 1.82) is 0 Å². The van der Waals surface area contributed by atoms with Crippen molar-refractivity contribution in [3.8, 4) is 0 Å². The summed E-state index contributed by atoms with van der Waals surface area (Å²) in [6, 6.07) is 8.67. The highest BCUT2D eigenvalue weighted by atomic mass is 79.9. The van der Waals surface area contributed by atoms with E-state index in [0.29, 0.717) is 42.4 Å². The van der Waals surface area contributed by atoms with Crippen LogP contribution in [0.1, 0.15) is 39.4 Å². The van der Waals surface area contributed by atoms with Gasteiger partial charge in [0.05, 0.1) is 21.9 Å². The molecule has 0 aliphatic carbocycles. The van der Waals surface area contributed by atoms with Crippen molar-refractivity contribution >= 4 is 50.7 Å². The number of halogens is 1. The fourth-order valence-electron chi connectivity index (χ4n) is 3.04. The van der Waals surface area contributed by atoms with Gasteiger partial charge in [0.2, 0.25) is 5.91 Å². The minimum atomic E-state index is -1.12. The summed E-state index contributed by atoms with van der Waals surface area (Å²) >= 11 is 4.63. The van der Waals surface area contributed by atoms with E-state index in [1.165, 1.54) is 11.3 Å². The Morgan fingerprint density at radius 1 is 1.13 bits per heavy atom. The SMILES string of the molecule is Cc1cc(NC(=O)C(C)(C)NC(=O)c2ccc(Br)s2)ccc1C(=O)N1CCOCC1. The van der Waals surface area contributed by atoms with Crippen LogP contribution in [0.5, 0.6) is 0 Å². The van der Waals surface area contributed by atoms with Gasteiger partial charge in [-0.2, -0.15) is 0 Å². The van der Waals surface area contributed by atoms with Crippen LogP contribution >= 0.6 is 27.3 Å². The lowest BCUT2D eigenvalue weighted by Crippen LogP contribution is -2.52. The monoisotopic (exact) mass is 493 g/mol. The number of aryl methyl sites for hydroxylation is 1. The number of morpholine rings is 1. The maximum absolute atomic E-state index is 12.8. The molecular formula is C21H24BrN3O4S. The van der Waals surface area contributed by atoms with Crippen LogP contribution in [0, 0.1) is 6.92 Å². The van der Waals surface area contributed by atoms with Crippen molar-refractivity contribution in [3.63, 3.8) is 0 Å². The van der Waals surface area contributed by atoms with Crippen molar-refractivity contribution in [3.05, 3.63) is 50.1 Å². The molecule has 0 radical (unpaired) electrons. The molecule has 2 N–H and O–H groups in total. The number of amides is 3. The van der Waals surface area contributed by atoms with E-state index in [9.17, 15) is 14.4 Å². The molecule has 1 aliphatic heterocycles. The molecule has 0 unspecified atom stereocenters. The molecule has 0 atom stereocenters. The van der Waals surface area contributed by atoms with E-state index in [2.05, 4.69) is 26.6 Å². The first-order valence-electron chi connectivity index (χ1n) is 9.54. The molecule has 2 heterocycles. The van der Waals surface area contributed by atoms with Gasteiger partial charge in [0.15, 0.2) is 0 Å². The summed E-state index contributed by atoms with van der Waals surface area (Å²) in [7, 11) is 0. The molecule has 1 fully saturated rings. The lowest BCUT2D eigenvalue weighted by Gasteiger charge is -2.27. The fourth-order valence-corrected chi connectivity index (χ4v) is 4.33. The van der Waals surface area contributed by atoms with E-state index < -0.39 is 5.54 Å². The van der Waals surface area contributed by atoms with Gasteiger partial charge in [-0.3, -0.25) is 14.4 Å². The predicted molar refractivity (Wildman–Crippen MR) is 120 cm³/mol. The topological polar surface area (TPSA) is 87.7 Å². The lowest BCUT2D eigenvalue weighted by molar-refractivity contribution is -0.120. The molecule has 0 bridgehead atoms. The molecule has 7 nitrogen and oxygen atoms in total. The molecule has 0 saturated carbocycles. The van der Waals surface area contributed by atoms with Crippen LogP contribution in [0.25, 0.3) is 0 Å². The van der Waals surface area contributed by atoms with Gasteiger partial charge in [-0.1, -0.05) is 0 Å². The quantitative estimate of drug-likeness (QED) is 0.667. The zero-order valence-electron chi connectivity index (χ0n) is 17.1. The van der Waals surface area contributed by atoms with Crippen LogP contribution in [0.4, 0.5) is 5.69 Å². The number of carbonyl (C=O) groups excluding carboxylic acids is 3. The second-order valence-corrected chi connectivity index (χ2v) is 10.0. The normalized spacial score (nSPS) is 14.3. The van der Waals surface area contributed by atoms with Crippen LogP contribution in [0.3, 0.4) is 0 Å². The standard InChI is InChI=1S/C21H24BrN3O4S/c1-13-12-14(4-5-15(13)19(27)25-8-10-29-11-9-25)23-20(28)21(2,3)24-18(26)16-6-7-17(22)30-16/h4-7,12H,8-11H2,1-3H3,(H,23,28)(H,24,26). The van der Waals surface area contributed by atoms with Crippen molar-refractivity contribution in [2.75, 3.05) is 31.6 Å². The molecule has 2 aromatic rings. The summed E-state index contributed by atoms with van der Waals surface area (Å²) in [6.45, 7) is 7.37. The first-order chi connectivity index (χ1) is 14.2. The summed E-state index contributed by atoms with van der Waals surface area (Å²) in [4.78, 5) is 40.2. The molecule has 1 aromatic carbocycles. The minimum absolute atomic E-state index is 0.0385. The van der Waals surface area contributed by atoms with Crippen LogP contribution in [0.2, 0.25) is 0 Å². The number of benzene rings is 1. The largest absolute Gasteiger partial charge is 0.378 e. The summed E-state index contributed by atoms with van der Waals surface area (Å²) in [6.07, 6.45) is 0. The lowest BCUT2D eigenvalue weighted by atomic mass is 10.0. The Kier molecular flexibility index (Phi) is 6.95. The van der Waals surface area contributed by atoms with Gasteiger partial charge in [-0.15, -0.1) is 11.3 Å². The molecule has 9 heteroatoms. The second-order valence-electron chi connectivity index (χ2n) is 7.57. The average molecular weight is 494 g/mol. The van der Waals surface area contributed by atoms with Crippen molar-refractivity contribution < 1.29 is 19.1 Å². The predicted octanol–water partition coefficient (Wildman–Crippen LogP) is 3.44. The molecule has 30 heavy (non-hydrogen) atoms. The number of carbonyl (C=O) groups is 3. The van der Waals surface area contributed by atoms with E-state index in [1.54, 1.807) is 49.1 Å². The summed E-state index contributed by atoms with van der Waals surface area (Å²) < 4.78 is 6.14. The first-order valence-corrected chi connectivity index (χ1v) is 11.2. The highest BCUT2D eigenvalue weighted by molar-refractivity contribution is 9.11. The number of nitrogens with zero attached hydrogens (tertiary/aromatic N) is 1. The van der Waals surface area contributed by atoms with Gasteiger partial charge in [-0.25, -0.2) is 0 Å². The minimum Gasteiger partial charge on any atom is -0.378 e. The maximum atomic E-state index is 12.8. The van der Waals surface area contributed by atoms with Crippen molar-refractivity contribution in [1.82, 2.24) is 10.2 Å². The Labute approximate surface area is 187 Å². The highest BCUT2D eigenvalue weighted by Gasteiger charge is 2.30. The molecule has 1 aromatic heterocycles. The Hall–Kier alpha value is -2.23. The third-order valence-corrected chi connectivity index (χ3v) is 6.43. The number of ether oxygens (including phenoxy) is 1. The fraction of sp³-hybridized carbons (Fsp3) is 0.381. The Bertz CT molecular complexity index is 967. The zero-order chi connectivity index (χ0) is 21.9. The van der Waals surface area contributed by atoms with E-state index in [4.69, 9.17) is 4.74 Å². The molecular weight excluding hydrogens is 470 g/mol. The van der Waals surface area contributed by atoms with Crippen molar-refractivity contribution in [2.45, 2.75) is 26.3 Å². The summed E-state index contributed by atoms with van der Waals surface area (Å²) in [5.74, 6) is -0.699. The van der Waals surface area contributed by atoms with Crippen LogP contribution in [-0.2, 0) is 9.53 Å². The molecule has 3 rings (SSSR count). The van der Waals surface area contributed by atoms with E-state index in [-0.39, 0.29) is 17.7 Å². The molecule has 0 spiro atoms.